The molecule has 1 saturated carbocycles. The van der Waals surface area contributed by atoms with E-state index in [4.69, 9.17) is 5.73 Å². The summed E-state index contributed by atoms with van der Waals surface area (Å²) < 4.78 is 0. The van der Waals surface area contributed by atoms with Crippen LogP contribution < -0.4 is 16.4 Å². The quantitative estimate of drug-likeness (QED) is 0.691. The van der Waals surface area contributed by atoms with Crippen LogP contribution in [0.15, 0.2) is 0 Å². The maximum Gasteiger partial charge on any atom is 0.237 e. The highest BCUT2D eigenvalue weighted by atomic mass is 35.5. The highest BCUT2D eigenvalue weighted by Crippen LogP contribution is 2.33. The summed E-state index contributed by atoms with van der Waals surface area (Å²) in [7, 11) is 0. The van der Waals surface area contributed by atoms with Gasteiger partial charge in [0, 0.05) is 19.0 Å². The Morgan fingerprint density at radius 2 is 2.00 bits per heavy atom. The van der Waals surface area contributed by atoms with Crippen molar-refractivity contribution >= 4 is 24.2 Å². The van der Waals surface area contributed by atoms with Crippen molar-refractivity contribution in [2.24, 2.45) is 11.7 Å². The Bertz CT molecular complexity index is 298. The molecule has 3 atom stereocenters. The average Bonchev–Trinajstić information content (AvgIpc) is 2.71. The normalized spacial score (nSPS) is 30.1. The van der Waals surface area contributed by atoms with Crippen molar-refractivity contribution in [2.75, 3.05) is 6.54 Å². The van der Waals surface area contributed by atoms with E-state index in [-0.39, 0.29) is 36.7 Å². The zero-order valence-corrected chi connectivity index (χ0v) is 11.3. The van der Waals surface area contributed by atoms with Crippen LogP contribution in [0.4, 0.5) is 0 Å². The van der Waals surface area contributed by atoms with E-state index in [1.165, 1.54) is 25.7 Å². The average molecular weight is 276 g/mol. The minimum Gasteiger partial charge on any atom is -0.370 e. The van der Waals surface area contributed by atoms with E-state index in [1.807, 2.05) is 0 Å². The van der Waals surface area contributed by atoms with Gasteiger partial charge in [-0.2, -0.15) is 0 Å². The number of primary amides is 1. The number of nitrogens with one attached hydrogen (secondary N) is 2. The van der Waals surface area contributed by atoms with Gasteiger partial charge in [0.25, 0.3) is 0 Å². The predicted molar refractivity (Wildman–Crippen MR) is 71.4 cm³/mol. The van der Waals surface area contributed by atoms with Crippen molar-refractivity contribution < 1.29 is 9.59 Å². The molecule has 18 heavy (non-hydrogen) atoms. The zero-order valence-electron chi connectivity index (χ0n) is 10.5. The molecule has 104 valence electrons. The Hall–Kier alpha value is -0.810. The molecule has 1 saturated heterocycles. The number of nitrogens with two attached hydrogens (primary N) is 1. The largest absolute Gasteiger partial charge is 0.370 e. The Morgan fingerprint density at radius 1 is 1.28 bits per heavy atom. The fourth-order valence-electron chi connectivity index (χ4n) is 2.95. The van der Waals surface area contributed by atoms with Crippen LogP contribution in [0.25, 0.3) is 0 Å². The first-order valence-electron chi connectivity index (χ1n) is 6.49. The van der Waals surface area contributed by atoms with Crippen LogP contribution in [0.3, 0.4) is 0 Å². The van der Waals surface area contributed by atoms with E-state index in [0.717, 1.165) is 6.42 Å². The molecule has 1 aliphatic carbocycles. The molecule has 1 heterocycles. The third-order valence-corrected chi connectivity index (χ3v) is 3.85. The minimum absolute atomic E-state index is 0. The van der Waals surface area contributed by atoms with Gasteiger partial charge in [0.05, 0.1) is 6.04 Å². The summed E-state index contributed by atoms with van der Waals surface area (Å²) in [6, 6.07) is 0.451. The van der Waals surface area contributed by atoms with Crippen molar-refractivity contribution in [3.8, 4) is 0 Å². The Labute approximate surface area is 114 Å². The number of hydrogen-bond acceptors (Lipinski definition) is 3. The second-order valence-electron chi connectivity index (χ2n) is 5.11. The van der Waals surface area contributed by atoms with Crippen LogP contribution in [0, 0.1) is 5.92 Å². The molecule has 0 radical (unpaired) electrons. The standard InChI is InChI=1S/C12H21N3O2.ClH/c13-11(16)5-6-14-12(17)10-7-8-3-1-2-4-9(8)15-10;/h8-10,15H,1-7H2,(H2,13,16)(H,14,17);1H. The van der Waals surface area contributed by atoms with Gasteiger partial charge in [-0.1, -0.05) is 12.8 Å². The number of halogens is 1. The van der Waals surface area contributed by atoms with Crippen molar-refractivity contribution in [1.29, 1.82) is 0 Å². The van der Waals surface area contributed by atoms with Gasteiger partial charge in [-0.05, 0) is 25.2 Å². The van der Waals surface area contributed by atoms with Gasteiger partial charge < -0.3 is 16.4 Å². The smallest absolute Gasteiger partial charge is 0.237 e. The Balaban J connectivity index is 0.00000162. The van der Waals surface area contributed by atoms with Gasteiger partial charge >= 0.3 is 0 Å². The molecular weight excluding hydrogens is 254 g/mol. The molecule has 6 heteroatoms. The van der Waals surface area contributed by atoms with Crippen LogP contribution in [0.2, 0.25) is 0 Å². The number of rotatable bonds is 4. The molecule has 0 spiro atoms. The lowest BCUT2D eigenvalue weighted by Gasteiger charge is -2.24. The lowest BCUT2D eigenvalue weighted by Crippen LogP contribution is -2.43. The highest BCUT2D eigenvalue weighted by Gasteiger charge is 2.37. The summed E-state index contributed by atoms with van der Waals surface area (Å²) in [5.41, 5.74) is 5.02. The van der Waals surface area contributed by atoms with Crippen LogP contribution >= 0.6 is 12.4 Å². The molecule has 1 aliphatic heterocycles. The molecule has 0 aromatic carbocycles. The minimum atomic E-state index is -0.377. The van der Waals surface area contributed by atoms with Gasteiger partial charge in [-0.25, -0.2) is 0 Å². The third-order valence-electron chi connectivity index (χ3n) is 3.85. The first-order valence-corrected chi connectivity index (χ1v) is 6.49. The second kappa shape index (κ2) is 6.95. The molecule has 0 aromatic heterocycles. The van der Waals surface area contributed by atoms with E-state index in [9.17, 15) is 9.59 Å². The molecule has 5 nitrogen and oxygen atoms in total. The summed E-state index contributed by atoms with van der Waals surface area (Å²) in [5, 5.41) is 6.17. The maximum atomic E-state index is 11.8. The summed E-state index contributed by atoms with van der Waals surface area (Å²) in [5.74, 6) is 0.301. The van der Waals surface area contributed by atoms with Crippen molar-refractivity contribution in [3.05, 3.63) is 0 Å². The monoisotopic (exact) mass is 275 g/mol. The number of carbonyl (C=O) groups excluding carboxylic acids is 2. The molecule has 2 aliphatic rings. The molecule has 2 fully saturated rings. The van der Waals surface area contributed by atoms with Crippen LogP contribution in [0.1, 0.15) is 38.5 Å². The van der Waals surface area contributed by atoms with Gasteiger partial charge in [0.15, 0.2) is 0 Å². The number of amides is 2. The second-order valence-corrected chi connectivity index (χ2v) is 5.11. The Morgan fingerprint density at radius 3 is 2.67 bits per heavy atom. The van der Waals surface area contributed by atoms with Crippen molar-refractivity contribution in [3.63, 3.8) is 0 Å². The number of hydrogen-bond donors (Lipinski definition) is 3. The number of carbonyl (C=O) groups is 2. The topological polar surface area (TPSA) is 84.2 Å². The van der Waals surface area contributed by atoms with Crippen LogP contribution in [-0.2, 0) is 9.59 Å². The lowest BCUT2D eigenvalue weighted by atomic mass is 9.85. The van der Waals surface area contributed by atoms with E-state index in [0.29, 0.717) is 18.5 Å². The maximum absolute atomic E-state index is 11.8. The van der Waals surface area contributed by atoms with Crippen molar-refractivity contribution in [1.82, 2.24) is 10.6 Å². The highest BCUT2D eigenvalue weighted by molar-refractivity contribution is 5.85. The molecule has 0 aromatic rings. The molecule has 2 amide bonds. The molecular formula is C12H22ClN3O2. The summed E-state index contributed by atoms with van der Waals surface area (Å²) in [6.07, 6.45) is 6.14. The molecule has 0 bridgehead atoms. The fraction of sp³-hybridized carbons (Fsp3) is 0.833. The molecule has 2 rings (SSSR count). The van der Waals surface area contributed by atoms with E-state index in [1.54, 1.807) is 0 Å². The van der Waals surface area contributed by atoms with E-state index < -0.39 is 0 Å². The van der Waals surface area contributed by atoms with Crippen LogP contribution in [0.5, 0.6) is 0 Å². The van der Waals surface area contributed by atoms with Gasteiger partial charge in [0.1, 0.15) is 0 Å². The van der Waals surface area contributed by atoms with Crippen molar-refractivity contribution in [2.45, 2.75) is 50.6 Å². The SMILES string of the molecule is Cl.NC(=O)CCNC(=O)C1CC2CCCCC2N1. The fourth-order valence-corrected chi connectivity index (χ4v) is 2.95. The van der Waals surface area contributed by atoms with Crippen LogP contribution in [-0.4, -0.2) is 30.4 Å². The predicted octanol–water partition coefficient (Wildman–Crippen LogP) is 0.320. The summed E-state index contributed by atoms with van der Waals surface area (Å²) in [6.45, 7) is 0.349. The Kier molecular flexibility index (Phi) is 5.88. The number of fused-ring (bicyclic) bond motifs is 1. The zero-order chi connectivity index (χ0) is 12.3. The third kappa shape index (κ3) is 3.85. The van der Waals surface area contributed by atoms with Gasteiger partial charge in [-0.15, -0.1) is 12.4 Å². The lowest BCUT2D eigenvalue weighted by molar-refractivity contribution is -0.123. The van der Waals surface area contributed by atoms with Gasteiger partial charge in [-0.3, -0.25) is 9.59 Å². The summed E-state index contributed by atoms with van der Waals surface area (Å²) >= 11 is 0. The van der Waals surface area contributed by atoms with Gasteiger partial charge in [0.2, 0.25) is 11.8 Å². The van der Waals surface area contributed by atoms with E-state index in [2.05, 4.69) is 10.6 Å². The summed E-state index contributed by atoms with van der Waals surface area (Å²) in [4.78, 5) is 22.4. The molecule has 3 unspecified atom stereocenters. The first kappa shape index (κ1) is 15.2. The first-order chi connectivity index (χ1) is 8.16. The molecule has 4 N–H and O–H groups in total. The van der Waals surface area contributed by atoms with E-state index >= 15 is 0 Å².